The van der Waals surface area contributed by atoms with Crippen LogP contribution in [0, 0.1) is 4.77 Å². The predicted octanol–water partition coefficient (Wildman–Crippen LogP) is 3.83. The number of hydrogen-bond donors (Lipinski definition) is 1. The quantitative estimate of drug-likeness (QED) is 0.830. The van der Waals surface area contributed by atoms with Gasteiger partial charge in [0.1, 0.15) is 5.82 Å². The lowest BCUT2D eigenvalue weighted by Gasteiger charge is -2.06. The second-order valence-corrected chi connectivity index (χ2v) is 4.79. The molecule has 0 atom stereocenters. The maximum absolute atomic E-state index is 5.27. The molecule has 0 saturated heterocycles. The van der Waals surface area contributed by atoms with E-state index in [0.717, 1.165) is 24.4 Å². The molecule has 2 rings (SSSR count). The smallest absolute Gasteiger partial charge is 0.199 e. The Morgan fingerprint density at radius 1 is 1.22 bits per heavy atom. The highest BCUT2D eigenvalue weighted by Crippen LogP contribution is 2.14. The summed E-state index contributed by atoms with van der Waals surface area (Å²) in [6, 6.07) is 8.60. The molecule has 18 heavy (non-hydrogen) atoms. The van der Waals surface area contributed by atoms with E-state index in [1.165, 1.54) is 18.4 Å². The third kappa shape index (κ3) is 2.70. The molecule has 1 aromatic carbocycles. The van der Waals surface area contributed by atoms with Gasteiger partial charge in [0.15, 0.2) is 4.77 Å². The zero-order chi connectivity index (χ0) is 13.0. The Kier molecular flexibility index (Phi) is 4.31. The molecule has 0 spiro atoms. The summed E-state index contributed by atoms with van der Waals surface area (Å²) in [5.41, 5.74) is 2.47. The number of H-pyrrole nitrogens is 1. The second-order valence-electron chi connectivity index (χ2n) is 4.40. The first-order valence-corrected chi connectivity index (χ1v) is 6.92. The van der Waals surface area contributed by atoms with Crippen LogP contribution in [-0.2, 0) is 12.8 Å². The van der Waals surface area contributed by atoms with E-state index >= 15 is 0 Å². The maximum atomic E-state index is 5.27. The molecule has 0 saturated carbocycles. The molecule has 0 aliphatic rings. The zero-order valence-electron chi connectivity index (χ0n) is 10.9. The Balaban J connectivity index is 2.28. The maximum Gasteiger partial charge on any atom is 0.199 e. The van der Waals surface area contributed by atoms with Gasteiger partial charge in [-0.2, -0.15) is 5.10 Å². The lowest BCUT2D eigenvalue weighted by Crippen LogP contribution is -2.00. The summed E-state index contributed by atoms with van der Waals surface area (Å²) in [5, 5.41) is 7.08. The number of aromatic nitrogens is 3. The number of hydrogen-bond acceptors (Lipinski definition) is 2. The number of unbranched alkanes of at least 4 members (excludes halogenated alkanes) is 1. The van der Waals surface area contributed by atoms with E-state index in [2.05, 4.69) is 48.3 Å². The molecule has 2 aromatic rings. The molecule has 0 radical (unpaired) electrons. The van der Waals surface area contributed by atoms with E-state index in [1.807, 2.05) is 4.57 Å². The summed E-state index contributed by atoms with van der Waals surface area (Å²) in [7, 11) is 0. The van der Waals surface area contributed by atoms with E-state index in [4.69, 9.17) is 12.2 Å². The first-order valence-electron chi connectivity index (χ1n) is 6.51. The average molecular weight is 261 g/mol. The van der Waals surface area contributed by atoms with Crippen LogP contribution in [0.25, 0.3) is 5.69 Å². The van der Waals surface area contributed by atoms with Crippen LogP contribution >= 0.6 is 12.2 Å². The van der Waals surface area contributed by atoms with Crippen LogP contribution < -0.4 is 0 Å². The Labute approximate surface area is 113 Å². The number of nitrogens with one attached hydrogen (secondary N) is 1. The van der Waals surface area contributed by atoms with Crippen LogP contribution in [0.15, 0.2) is 24.3 Å². The number of benzene rings is 1. The fourth-order valence-electron chi connectivity index (χ4n) is 2.03. The van der Waals surface area contributed by atoms with Crippen molar-refractivity contribution in [2.75, 3.05) is 0 Å². The summed E-state index contributed by atoms with van der Waals surface area (Å²) in [6.07, 6.45) is 4.48. The van der Waals surface area contributed by atoms with Gasteiger partial charge in [-0.3, -0.25) is 9.67 Å². The minimum Gasteiger partial charge on any atom is -0.272 e. The minimum atomic E-state index is 0.660. The monoisotopic (exact) mass is 261 g/mol. The number of rotatable bonds is 5. The molecular weight excluding hydrogens is 242 g/mol. The number of aryl methyl sites for hydroxylation is 2. The standard InChI is InChI=1S/C14H19N3S/c1-3-5-6-11-7-9-12(10-8-11)17-13(4-2)15-16-14(17)18/h7-10H,3-6H2,1-2H3,(H,16,18). The van der Waals surface area contributed by atoms with Gasteiger partial charge >= 0.3 is 0 Å². The van der Waals surface area contributed by atoms with Gasteiger partial charge in [-0.25, -0.2) is 0 Å². The van der Waals surface area contributed by atoms with Gasteiger partial charge in [-0.15, -0.1) is 0 Å². The molecule has 1 heterocycles. The van der Waals surface area contributed by atoms with E-state index in [1.54, 1.807) is 0 Å². The molecule has 1 aromatic heterocycles. The van der Waals surface area contributed by atoms with Crippen LogP contribution in [0.1, 0.15) is 38.1 Å². The third-order valence-electron chi connectivity index (χ3n) is 3.07. The Bertz CT molecular complexity index is 551. The van der Waals surface area contributed by atoms with Gasteiger partial charge in [-0.05, 0) is 42.8 Å². The first-order chi connectivity index (χ1) is 8.76. The van der Waals surface area contributed by atoms with Gasteiger partial charge in [-0.1, -0.05) is 32.4 Å². The van der Waals surface area contributed by atoms with Gasteiger partial charge in [0.2, 0.25) is 0 Å². The summed E-state index contributed by atoms with van der Waals surface area (Å²) >= 11 is 5.27. The molecule has 0 aliphatic heterocycles. The van der Waals surface area contributed by atoms with Crippen LogP contribution in [0.5, 0.6) is 0 Å². The van der Waals surface area contributed by atoms with Crippen molar-refractivity contribution in [3.63, 3.8) is 0 Å². The first kappa shape index (κ1) is 13.0. The molecule has 0 fully saturated rings. The van der Waals surface area contributed by atoms with Crippen molar-refractivity contribution in [2.45, 2.75) is 39.5 Å². The zero-order valence-corrected chi connectivity index (χ0v) is 11.8. The topological polar surface area (TPSA) is 33.6 Å². The fraction of sp³-hybridized carbons (Fsp3) is 0.429. The van der Waals surface area contributed by atoms with Crippen molar-refractivity contribution in [2.24, 2.45) is 0 Å². The Hall–Kier alpha value is -1.42. The van der Waals surface area contributed by atoms with Crippen LogP contribution in [0.4, 0.5) is 0 Å². The van der Waals surface area contributed by atoms with Gasteiger partial charge in [0.25, 0.3) is 0 Å². The summed E-state index contributed by atoms with van der Waals surface area (Å²) in [5.74, 6) is 0.973. The highest BCUT2D eigenvalue weighted by atomic mass is 32.1. The highest BCUT2D eigenvalue weighted by molar-refractivity contribution is 7.71. The van der Waals surface area contributed by atoms with E-state index in [-0.39, 0.29) is 0 Å². The minimum absolute atomic E-state index is 0.660. The van der Waals surface area contributed by atoms with Crippen molar-refractivity contribution in [3.8, 4) is 5.69 Å². The molecule has 0 aliphatic carbocycles. The van der Waals surface area contributed by atoms with Gasteiger partial charge < -0.3 is 0 Å². The van der Waals surface area contributed by atoms with Gasteiger partial charge in [0, 0.05) is 12.1 Å². The van der Waals surface area contributed by atoms with Crippen LogP contribution in [0.3, 0.4) is 0 Å². The third-order valence-corrected chi connectivity index (χ3v) is 3.35. The Morgan fingerprint density at radius 3 is 2.56 bits per heavy atom. The summed E-state index contributed by atoms with van der Waals surface area (Å²) in [4.78, 5) is 0. The highest BCUT2D eigenvalue weighted by Gasteiger charge is 2.05. The summed E-state index contributed by atoms with van der Waals surface area (Å²) in [6.45, 7) is 4.30. The molecule has 3 nitrogen and oxygen atoms in total. The van der Waals surface area contributed by atoms with Crippen molar-refractivity contribution in [3.05, 3.63) is 40.4 Å². The van der Waals surface area contributed by atoms with Crippen LogP contribution in [0.2, 0.25) is 0 Å². The lowest BCUT2D eigenvalue weighted by atomic mass is 10.1. The second kappa shape index (κ2) is 5.96. The predicted molar refractivity (Wildman–Crippen MR) is 76.7 cm³/mol. The van der Waals surface area contributed by atoms with Crippen molar-refractivity contribution in [1.82, 2.24) is 14.8 Å². The Morgan fingerprint density at radius 2 is 1.94 bits per heavy atom. The molecule has 0 unspecified atom stereocenters. The largest absolute Gasteiger partial charge is 0.272 e. The van der Waals surface area contributed by atoms with Crippen molar-refractivity contribution < 1.29 is 0 Å². The molecule has 96 valence electrons. The molecule has 0 amide bonds. The average Bonchev–Trinajstić information content (AvgIpc) is 2.78. The fourth-order valence-corrected chi connectivity index (χ4v) is 2.28. The van der Waals surface area contributed by atoms with Crippen molar-refractivity contribution >= 4 is 12.2 Å². The summed E-state index contributed by atoms with van der Waals surface area (Å²) < 4.78 is 2.66. The molecule has 4 heteroatoms. The van der Waals surface area contributed by atoms with E-state index in [9.17, 15) is 0 Å². The molecule has 0 bridgehead atoms. The van der Waals surface area contributed by atoms with Crippen LogP contribution in [-0.4, -0.2) is 14.8 Å². The number of aromatic amines is 1. The number of nitrogens with zero attached hydrogens (tertiary/aromatic N) is 2. The SMILES string of the molecule is CCCCc1ccc(-n2c(CC)n[nH]c2=S)cc1. The molecule has 1 N–H and O–H groups in total. The van der Waals surface area contributed by atoms with Gasteiger partial charge in [0.05, 0.1) is 0 Å². The van der Waals surface area contributed by atoms with Crippen molar-refractivity contribution in [1.29, 1.82) is 0 Å². The normalized spacial score (nSPS) is 10.8. The van der Waals surface area contributed by atoms with E-state index < -0.39 is 0 Å². The molecular formula is C14H19N3S. The lowest BCUT2D eigenvalue weighted by molar-refractivity contribution is 0.794. The van der Waals surface area contributed by atoms with E-state index in [0.29, 0.717) is 4.77 Å².